The van der Waals surface area contributed by atoms with Crippen LogP contribution in [0.25, 0.3) is 0 Å². The number of hydrogen-bond acceptors (Lipinski definition) is 2. The second-order valence-electron chi connectivity index (χ2n) is 7.06. The van der Waals surface area contributed by atoms with Crippen molar-refractivity contribution in [1.82, 2.24) is 0 Å². The molecule has 0 heterocycles. The summed E-state index contributed by atoms with van der Waals surface area (Å²) in [6, 6.07) is 0. The van der Waals surface area contributed by atoms with E-state index in [1.807, 2.05) is 6.92 Å². The molecule has 0 aliphatic carbocycles. The highest BCUT2D eigenvalue weighted by Gasteiger charge is 2.40. The molecule has 0 aromatic rings. The third-order valence-electron chi connectivity index (χ3n) is 4.96. The Balaban J connectivity index is 4.63. The Morgan fingerprint density at radius 3 is 1.95 bits per heavy atom. The minimum atomic E-state index is -0.455. The molecule has 0 rings (SSSR count). The van der Waals surface area contributed by atoms with E-state index in [0.717, 1.165) is 38.5 Å². The van der Waals surface area contributed by atoms with Crippen LogP contribution in [-0.4, -0.2) is 22.4 Å². The number of rotatable bonds is 13. The van der Waals surface area contributed by atoms with E-state index < -0.39 is 12.2 Å². The molecule has 2 N–H and O–H groups in total. The zero-order valence-electron chi connectivity index (χ0n) is 15.6. The highest BCUT2D eigenvalue weighted by Crippen LogP contribution is 2.40. The van der Waals surface area contributed by atoms with E-state index in [9.17, 15) is 10.2 Å². The first-order chi connectivity index (χ1) is 10.4. The molecule has 0 fully saturated rings. The van der Waals surface area contributed by atoms with E-state index in [1.54, 1.807) is 0 Å². The van der Waals surface area contributed by atoms with Gasteiger partial charge in [-0.2, -0.15) is 0 Å². The van der Waals surface area contributed by atoms with E-state index >= 15 is 0 Å². The van der Waals surface area contributed by atoms with Crippen LogP contribution in [0.5, 0.6) is 0 Å². The Kier molecular flexibility index (Phi) is 11.9. The third kappa shape index (κ3) is 7.28. The lowest BCUT2D eigenvalue weighted by molar-refractivity contribution is -0.0808. The van der Waals surface area contributed by atoms with Gasteiger partial charge in [-0.15, -0.1) is 0 Å². The molecule has 132 valence electrons. The van der Waals surface area contributed by atoms with Gasteiger partial charge in [-0.25, -0.2) is 0 Å². The van der Waals surface area contributed by atoms with E-state index in [-0.39, 0.29) is 5.41 Å². The fraction of sp³-hybridized carbons (Fsp3) is 0.900. The molecule has 22 heavy (non-hydrogen) atoms. The molecule has 0 saturated heterocycles. The maximum absolute atomic E-state index is 10.8. The quantitative estimate of drug-likeness (QED) is 0.349. The molecule has 0 amide bonds. The van der Waals surface area contributed by atoms with Crippen LogP contribution in [0.4, 0.5) is 0 Å². The van der Waals surface area contributed by atoms with Crippen LogP contribution in [0.2, 0.25) is 0 Å². The molecule has 0 aromatic heterocycles. The van der Waals surface area contributed by atoms with Gasteiger partial charge in [0.1, 0.15) is 0 Å². The van der Waals surface area contributed by atoms with Crippen LogP contribution in [0.1, 0.15) is 92.4 Å². The van der Waals surface area contributed by atoms with Crippen molar-refractivity contribution in [2.24, 2.45) is 11.3 Å². The van der Waals surface area contributed by atoms with E-state index in [1.165, 1.54) is 19.3 Å². The Morgan fingerprint density at radius 2 is 1.50 bits per heavy atom. The standard InChI is InChI=1S/C20H40O2/c1-6-9-10-11-12-13-17(4)16-19(22)20(14-7-2,15-8-3)18(5)21/h12-13,17-19,21-22H,6-11,14-16H2,1-5H3. The van der Waals surface area contributed by atoms with Gasteiger partial charge in [0.2, 0.25) is 0 Å². The van der Waals surface area contributed by atoms with Crippen molar-refractivity contribution < 1.29 is 10.2 Å². The summed E-state index contributed by atoms with van der Waals surface area (Å²) in [4.78, 5) is 0. The summed E-state index contributed by atoms with van der Waals surface area (Å²) in [5.74, 6) is 0.364. The van der Waals surface area contributed by atoms with Crippen LogP contribution in [0.3, 0.4) is 0 Å². The van der Waals surface area contributed by atoms with Crippen LogP contribution in [0.15, 0.2) is 12.2 Å². The lowest BCUT2D eigenvalue weighted by atomic mass is 9.68. The van der Waals surface area contributed by atoms with Gasteiger partial charge in [0, 0.05) is 5.41 Å². The first-order valence-corrected chi connectivity index (χ1v) is 9.47. The second-order valence-corrected chi connectivity index (χ2v) is 7.06. The van der Waals surface area contributed by atoms with Gasteiger partial charge in [-0.05, 0) is 44.9 Å². The molecule has 3 atom stereocenters. The van der Waals surface area contributed by atoms with Crippen molar-refractivity contribution in [3.8, 4) is 0 Å². The number of hydrogen-bond donors (Lipinski definition) is 2. The summed E-state index contributed by atoms with van der Waals surface area (Å²) in [5, 5.41) is 21.1. The van der Waals surface area contributed by atoms with Gasteiger partial charge in [-0.3, -0.25) is 0 Å². The molecular weight excluding hydrogens is 272 g/mol. The molecule has 0 aromatic carbocycles. The maximum atomic E-state index is 10.8. The first kappa shape index (κ1) is 21.7. The highest BCUT2D eigenvalue weighted by molar-refractivity contribution is 4.94. The van der Waals surface area contributed by atoms with Crippen LogP contribution in [0, 0.1) is 11.3 Å². The monoisotopic (exact) mass is 312 g/mol. The molecule has 0 bridgehead atoms. The van der Waals surface area contributed by atoms with Gasteiger partial charge in [-0.1, -0.05) is 65.5 Å². The zero-order valence-corrected chi connectivity index (χ0v) is 15.6. The molecular formula is C20H40O2. The third-order valence-corrected chi connectivity index (χ3v) is 4.96. The Labute approximate surface area is 139 Å². The van der Waals surface area contributed by atoms with Gasteiger partial charge in [0.05, 0.1) is 12.2 Å². The first-order valence-electron chi connectivity index (χ1n) is 9.47. The lowest BCUT2D eigenvalue weighted by Gasteiger charge is -2.41. The highest BCUT2D eigenvalue weighted by atomic mass is 16.3. The van der Waals surface area contributed by atoms with Crippen molar-refractivity contribution >= 4 is 0 Å². The van der Waals surface area contributed by atoms with Gasteiger partial charge in [0.25, 0.3) is 0 Å². The van der Waals surface area contributed by atoms with Crippen molar-refractivity contribution in [3.63, 3.8) is 0 Å². The number of allylic oxidation sites excluding steroid dienone is 2. The molecule has 3 unspecified atom stereocenters. The zero-order chi connectivity index (χ0) is 17.0. The fourth-order valence-electron chi connectivity index (χ4n) is 3.59. The Morgan fingerprint density at radius 1 is 0.909 bits per heavy atom. The normalized spacial score (nSPS) is 16.9. The van der Waals surface area contributed by atoms with Crippen molar-refractivity contribution in [1.29, 1.82) is 0 Å². The van der Waals surface area contributed by atoms with E-state index in [0.29, 0.717) is 5.92 Å². The minimum absolute atomic E-state index is 0.339. The van der Waals surface area contributed by atoms with Gasteiger partial charge >= 0.3 is 0 Å². The molecule has 2 heteroatoms. The van der Waals surface area contributed by atoms with Crippen molar-refractivity contribution in [3.05, 3.63) is 12.2 Å². The summed E-state index contributed by atoms with van der Waals surface area (Å²) in [5.41, 5.74) is -0.339. The summed E-state index contributed by atoms with van der Waals surface area (Å²) in [7, 11) is 0. The summed E-state index contributed by atoms with van der Waals surface area (Å²) in [6.45, 7) is 10.5. The summed E-state index contributed by atoms with van der Waals surface area (Å²) in [6.07, 6.45) is 13.1. The second kappa shape index (κ2) is 12.1. The van der Waals surface area contributed by atoms with E-state index in [4.69, 9.17) is 0 Å². The Bertz CT molecular complexity index is 277. The van der Waals surface area contributed by atoms with Gasteiger partial charge < -0.3 is 10.2 Å². The SMILES string of the molecule is CCCCCC=CC(C)CC(O)C(CCC)(CCC)C(C)O. The molecule has 0 saturated carbocycles. The van der Waals surface area contributed by atoms with Crippen LogP contribution < -0.4 is 0 Å². The van der Waals surface area contributed by atoms with Gasteiger partial charge in [0.15, 0.2) is 0 Å². The predicted octanol–water partition coefficient (Wildman–Crippen LogP) is 5.48. The Hall–Kier alpha value is -0.340. The van der Waals surface area contributed by atoms with Crippen molar-refractivity contribution in [2.45, 2.75) is 105 Å². The summed E-state index contributed by atoms with van der Waals surface area (Å²) < 4.78 is 0. The predicted molar refractivity (Wildman–Crippen MR) is 97.0 cm³/mol. The average Bonchev–Trinajstić information content (AvgIpc) is 2.46. The maximum Gasteiger partial charge on any atom is 0.0626 e. The lowest BCUT2D eigenvalue weighted by Crippen LogP contribution is -2.44. The molecule has 0 aliphatic rings. The smallest absolute Gasteiger partial charge is 0.0626 e. The van der Waals surface area contributed by atoms with E-state index in [2.05, 4.69) is 39.8 Å². The molecule has 0 aliphatic heterocycles. The largest absolute Gasteiger partial charge is 0.393 e. The number of aliphatic hydroxyl groups excluding tert-OH is 2. The summed E-state index contributed by atoms with van der Waals surface area (Å²) >= 11 is 0. The van der Waals surface area contributed by atoms with Crippen molar-refractivity contribution in [2.75, 3.05) is 0 Å². The number of aliphatic hydroxyl groups is 2. The molecule has 0 radical (unpaired) electrons. The molecule has 0 spiro atoms. The fourth-order valence-corrected chi connectivity index (χ4v) is 3.59. The number of unbranched alkanes of at least 4 members (excludes halogenated alkanes) is 3. The van der Waals surface area contributed by atoms with Crippen LogP contribution in [-0.2, 0) is 0 Å². The topological polar surface area (TPSA) is 40.5 Å². The minimum Gasteiger partial charge on any atom is -0.393 e. The average molecular weight is 313 g/mol. The molecule has 2 nitrogen and oxygen atoms in total. The van der Waals surface area contributed by atoms with Crippen LogP contribution >= 0.6 is 0 Å².